The van der Waals surface area contributed by atoms with Crippen LogP contribution in [0.4, 0.5) is 5.69 Å². The van der Waals surface area contributed by atoms with Crippen LogP contribution in [0.1, 0.15) is 16.1 Å². The van der Waals surface area contributed by atoms with Crippen LogP contribution in [0.3, 0.4) is 0 Å². The zero-order valence-corrected chi connectivity index (χ0v) is 13.6. The lowest BCUT2D eigenvalue weighted by atomic mass is 10.2. The van der Waals surface area contributed by atoms with Gasteiger partial charge in [-0.25, -0.2) is 4.79 Å². The van der Waals surface area contributed by atoms with E-state index in [-0.39, 0.29) is 12.5 Å². The molecule has 3 rings (SSSR count). The first kappa shape index (κ1) is 16.1. The average molecular weight is 328 g/mol. The van der Waals surface area contributed by atoms with E-state index in [1.807, 2.05) is 18.2 Å². The summed E-state index contributed by atoms with van der Waals surface area (Å²) >= 11 is 0. The predicted molar refractivity (Wildman–Crippen MR) is 89.0 cm³/mol. The molecular formula is C18H20N2O4. The molecular weight excluding hydrogens is 308 g/mol. The minimum absolute atomic E-state index is 0.169. The maximum atomic E-state index is 12.2. The van der Waals surface area contributed by atoms with E-state index in [2.05, 4.69) is 17.0 Å². The zero-order valence-electron chi connectivity index (χ0n) is 13.6. The van der Waals surface area contributed by atoms with Crippen molar-refractivity contribution < 1.29 is 18.7 Å². The maximum Gasteiger partial charge on any atom is 0.342 e. The van der Waals surface area contributed by atoms with Gasteiger partial charge in [0.25, 0.3) is 5.91 Å². The second kappa shape index (κ2) is 7.21. The number of aryl methyl sites for hydroxylation is 1. The Kier molecular flexibility index (Phi) is 4.84. The van der Waals surface area contributed by atoms with Crippen molar-refractivity contribution in [3.05, 3.63) is 54.0 Å². The van der Waals surface area contributed by atoms with Gasteiger partial charge in [0.15, 0.2) is 6.61 Å². The van der Waals surface area contributed by atoms with Gasteiger partial charge in [0.1, 0.15) is 11.3 Å². The lowest BCUT2D eigenvalue weighted by Gasteiger charge is -2.36. The lowest BCUT2D eigenvalue weighted by molar-refractivity contribution is -0.134. The molecule has 1 fully saturated rings. The molecule has 6 heteroatoms. The van der Waals surface area contributed by atoms with Gasteiger partial charge in [0.2, 0.25) is 0 Å². The summed E-state index contributed by atoms with van der Waals surface area (Å²) in [7, 11) is 0. The Hall–Kier alpha value is -2.76. The molecule has 0 aliphatic carbocycles. The third-order valence-electron chi connectivity index (χ3n) is 4.16. The predicted octanol–water partition coefficient (Wildman–Crippen LogP) is 2.09. The number of esters is 1. The number of furan rings is 1. The van der Waals surface area contributed by atoms with Crippen LogP contribution in [-0.4, -0.2) is 49.6 Å². The summed E-state index contributed by atoms with van der Waals surface area (Å²) in [6, 6.07) is 11.7. The highest BCUT2D eigenvalue weighted by atomic mass is 16.5. The van der Waals surface area contributed by atoms with Gasteiger partial charge in [0.05, 0.1) is 6.26 Å². The average Bonchev–Trinajstić information content (AvgIpc) is 3.06. The van der Waals surface area contributed by atoms with E-state index in [4.69, 9.17) is 9.15 Å². The normalized spacial score (nSPS) is 14.5. The quantitative estimate of drug-likeness (QED) is 0.804. The van der Waals surface area contributed by atoms with Crippen LogP contribution >= 0.6 is 0 Å². The van der Waals surface area contributed by atoms with Crippen LogP contribution in [0.2, 0.25) is 0 Å². The lowest BCUT2D eigenvalue weighted by Crippen LogP contribution is -2.49. The van der Waals surface area contributed by atoms with Crippen molar-refractivity contribution >= 4 is 17.6 Å². The summed E-state index contributed by atoms with van der Waals surface area (Å²) < 4.78 is 10.2. The van der Waals surface area contributed by atoms with Gasteiger partial charge in [-0.2, -0.15) is 0 Å². The van der Waals surface area contributed by atoms with Crippen molar-refractivity contribution in [2.45, 2.75) is 6.92 Å². The molecule has 0 unspecified atom stereocenters. The molecule has 24 heavy (non-hydrogen) atoms. The van der Waals surface area contributed by atoms with Gasteiger partial charge >= 0.3 is 5.97 Å². The van der Waals surface area contributed by atoms with Crippen LogP contribution in [0.15, 0.2) is 47.1 Å². The number of amides is 1. The number of ether oxygens (including phenoxy) is 1. The SMILES string of the molecule is Cc1occc1C(=O)OCC(=O)N1CCN(c2ccccc2)CC1. The topological polar surface area (TPSA) is 63.0 Å². The number of para-hydroxylation sites is 1. The largest absolute Gasteiger partial charge is 0.469 e. The number of hydrogen-bond donors (Lipinski definition) is 0. The van der Waals surface area contributed by atoms with Gasteiger partial charge in [-0.3, -0.25) is 4.79 Å². The standard InChI is InChI=1S/C18H20N2O4/c1-14-16(7-12-23-14)18(22)24-13-17(21)20-10-8-19(9-11-20)15-5-3-2-4-6-15/h2-7,12H,8-11,13H2,1H3. The first-order valence-corrected chi connectivity index (χ1v) is 7.94. The molecule has 1 aliphatic heterocycles. The third-order valence-corrected chi connectivity index (χ3v) is 4.16. The van der Waals surface area contributed by atoms with Crippen molar-refractivity contribution in [2.75, 3.05) is 37.7 Å². The summed E-state index contributed by atoms with van der Waals surface area (Å²) in [6.07, 6.45) is 1.43. The van der Waals surface area contributed by atoms with Crippen LogP contribution in [0, 0.1) is 6.92 Å². The first-order valence-electron chi connectivity index (χ1n) is 7.94. The highest BCUT2D eigenvalue weighted by Gasteiger charge is 2.23. The summed E-state index contributed by atoms with van der Waals surface area (Å²) in [4.78, 5) is 28.1. The van der Waals surface area contributed by atoms with Crippen LogP contribution < -0.4 is 4.90 Å². The number of nitrogens with zero attached hydrogens (tertiary/aromatic N) is 2. The Morgan fingerprint density at radius 2 is 1.79 bits per heavy atom. The van der Waals surface area contributed by atoms with Gasteiger partial charge < -0.3 is 19.0 Å². The molecule has 0 N–H and O–H groups in total. The van der Waals surface area contributed by atoms with E-state index >= 15 is 0 Å². The van der Waals surface area contributed by atoms with Crippen LogP contribution in [-0.2, 0) is 9.53 Å². The molecule has 1 aromatic carbocycles. The monoisotopic (exact) mass is 328 g/mol. The van der Waals surface area contributed by atoms with E-state index in [0.717, 1.165) is 18.8 Å². The number of carbonyl (C=O) groups excluding carboxylic acids is 2. The Bertz CT molecular complexity index is 703. The molecule has 0 spiro atoms. The minimum Gasteiger partial charge on any atom is -0.469 e. The Balaban J connectivity index is 1.47. The summed E-state index contributed by atoms with van der Waals surface area (Å²) in [5.74, 6) is -0.210. The van der Waals surface area contributed by atoms with Crippen molar-refractivity contribution in [2.24, 2.45) is 0 Å². The summed E-state index contributed by atoms with van der Waals surface area (Å²) in [5, 5.41) is 0. The van der Waals surface area contributed by atoms with Crippen molar-refractivity contribution in [1.29, 1.82) is 0 Å². The van der Waals surface area contributed by atoms with E-state index < -0.39 is 5.97 Å². The molecule has 1 saturated heterocycles. The zero-order chi connectivity index (χ0) is 16.9. The van der Waals surface area contributed by atoms with Crippen molar-refractivity contribution in [3.63, 3.8) is 0 Å². The van der Waals surface area contributed by atoms with Crippen molar-refractivity contribution in [1.82, 2.24) is 4.90 Å². The van der Waals surface area contributed by atoms with Gasteiger partial charge in [0, 0.05) is 31.9 Å². The number of anilines is 1. The molecule has 126 valence electrons. The van der Waals surface area contributed by atoms with E-state index in [9.17, 15) is 9.59 Å². The molecule has 0 atom stereocenters. The molecule has 1 aromatic heterocycles. The molecule has 1 amide bonds. The minimum atomic E-state index is -0.530. The Morgan fingerprint density at radius 1 is 1.08 bits per heavy atom. The molecule has 0 bridgehead atoms. The van der Waals surface area contributed by atoms with Gasteiger partial charge in [-0.15, -0.1) is 0 Å². The molecule has 6 nitrogen and oxygen atoms in total. The molecule has 2 heterocycles. The highest BCUT2D eigenvalue weighted by molar-refractivity contribution is 5.92. The Labute approximate surface area is 140 Å². The smallest absolute Gasteiger partial charge is 0.342 e. The fourth-order valence-corrected chi connectivity index (χ4v) is 2.75. The maximum absolute atomic E-state index is 12.2. The van der Waals surface area contributed by atoms with Crippen molar-refractivity contribution in [3.8, 4) is 0 Å². The second-order valence-corrected chi connectivity index (χ2v) is 5.67. The third kappa shape index (κ3) is 3.59. The first-order chi connectivity index (χ1) is 11.6. The fraction of sp³-hybridized carbons (Fsp3) is 0.333. The summed E-state index contributed by atoms with van der Waals surface area (Å²) in [6.45, 7) is 4.22. The fourth-order valence-electron chi connectivity index (χ4n) is 2.75. The van der Waals surface area contributed by atoms with Gasteiger partial charge in [-0.05, 0) is 25.1 Å². The van der Waals surface area contributed by atoms with Crippen LogP contribution in [0.25, 0.3) is 0 Å². The number of carbonyl (C=O) groups is 2. The van der Waals surface area contributed by atoms with E-state index in [1.165, 1.54) is 6.26 Å². The van der Waals surface area contributed by atoms with E-state index in [0.29, 0.717) is 24.4 Å². The highest BCUT2D eigenvalue weighted by Crippen LogP contribution is 2.16. The number of hydrogen-bond acceptors (Lipinski definition) is 5. The molecule has 0 saturated carbocycles. The molecule has 2 aromatic rings. The Morgan fingerprint density at radius 3 is 2.42 bits per heavy atom. The van der Waals surface area contributed by atoms with Gasteiger partial charge in [-0.1, -0.05) is 18.2 Å². The number of piperazine rings is 1. The van der Waals surface area contributed by atoms with E-state index in [1.54, 1.807) is 17.9 Å². The number of benzene rings is 1. The summed E-state index contributed by atoms with van der Waals surface area (Å²) in [5.41, 5.74) is 1.52. The van der Waals surface area contributed by atoms with Crippen LogP contribution in [0.5, 0.6) is 0 Å². The number of rotatable bonds is 4. The molecule has 1 aliphatic rings. The second-order valence-electron chi connectivity index (χ2n) is 5.67. The molecule has 0 radical (unpaired) electrons.